The predicted molar refractivity (Wildman–Crippen MR) is 243 cm³/mol. The second kappa shape index (κ2) is 13.0. The van der Waals surface area contributed by atoms with Crippen LogP contribution in [0.15, 0.2) is 218 Å². The Hall–Kier alpha value is -7.62. The number of aromatic nitrogens is 2. The zero-order valence-corrected chi connectivity index (χ0v) is 31.7. The number of fused-ring (bicyclic) bond motifs is 9. The summed E-state index contributed by atoms with van der Waals surface area (Å²) in [5, 5.41) is 5.05. The molecule has 0 saturated heterocycles. The highest BCUT2D eigenvalue weighted by molar-refractivity contribution is 6.10. The van der Waals surface area contributed by atoms with Gasteiger partial charge in [0.25, 0.3) is 0 Å². The Morgan fingerprint density at radius 3 is 1.21 bits per heavy atom. The van der Waals surface area contributed by atoms with Crippen LogP contribution >= 0.6 is 0 Å². The highest BCUT2D eigenvalue weighted by atomic mass is 15.1. The Kier molecular flexibility index (Phi) is 7.29. The molecular weight excluding hydrogens is 703 g/mol. The van der Waals surface area contributed by atoms with E-state index in [2.05, 4.69) is 232 Å². The normalized spacial score (nSPS) is 13.3. The lowest BCUT2D eigenvalue weighted by Crippen LogP contribution is -2.11. The minimum absolute atomic E-state index is 0.157. The van der Waals surface area contributed by atoms with Crippen LogP contribution in [0.1, 0.15) is 22.6 Å². The molecule has 0 bridgehead atoms. The summed E-state index contributed by atoms with van der Waals surface area (Å²) < 4.78 is 4.77. The average molecular weight is 740 g/mol. The number of anilines is 3. The van der Waals surface area contributed by atoms with E-state index in [1.54, 1.807) is 0 Å². The van der Waals surface area contributed by atoms with Gasteiger partial charge >= 0.3 is 0 Å². The summed E-state index contributed by atoms with van der Waals surface area (Å²) >= 11 is 0. The van der Waals surface area contributed by atoms with Crippen LogP contribution in [0.2, 0.25) is 0 Å². The van der Waals surface area contributed by atoms with Gasteiger partial charge < -0.3 is 14.0 Å². The summed E-state index contributed by atoms with van der Waals surface area (Å²) in [5.74, 6) is 0.157. The van der Waals surface area contributed by atoms with Gasteiger partial charge in [0.2, 0.25) is 0 Å². The maximum Gasteiger partial charge on any atom is 0.0541 e. The van der Waals surface area contributed by atoms with Gasteiger partial charge in [-0.3, -0.25) is 0 Å². The lowest BCUT2D eigenvalue weighted by molar-refractivity contribution is 1.01. The molecule has 272 valence electrons. The van der Waals surface area contributed by atoms with Crippen LogP contribution in [0.3, 0.4) is 0 Å². The lowest BCUT2D eigenvalue weighted by Gasteiger charge is -2.27. The zero-order chi connectivity index (χ0) is 38.2. The van der Waals surface area contributed by atoms with Crippen LogP contribution in [0.4, 0.5) is 17.1 Å². The Morgan fingerprint density at radius 2 is 0.707 bits per heavy atom. The molecule has 1 unspecified atom stereocenters. The summed E-state index contributed by atoms with van der Waals surface area (Å²) in [6.45, 7) is 0. The van der Waals surface area contributed by atoms with Crippen molar-refractivity contribution in [3.05, 3.63) is 235 Å². The molecule has 3 nitrogen and oxygen atoms in total. The molecule has 9 aromatic carbocycles. The first-order valence-corrected chi connectivity index (χ1v) is 20.1. The topological polar surface area (TPSA) is 13.1 Å². The molecule has 58 heavy (non-hydrogen) atoms. The average Bonchev–Trinajstić information content (AvgIpc) is 3.93. The number of para-hydroxylation sites is 4. The molecule has 2 aromatic heterocycles. The largest absolute Gasteiger partial charge is 0.310 e. The van der Waals surface area contributed by atoms with Crippen molar-refractivity contribution in [1.82, 2.24) is 9.13 Å². The monoisotopic (exact) mass is 739 g/mol. The standard InChI is InChI=1S/C55H37N3/c1-2-14-37(15-3-1)55-49-21-5-4-16-43(49)44-35-34-42(36-50(44)55)56(38-26-30-40(31-27-38)57-51-22-10-6-17-45(51)46-18-7-11-23-52(46)57)39-28-32-41(33-29-39)58-53-24-12-8-19-47(53)48-20-9-13-25-54(48)58/h1-36,55H. The van der Waals surface area contributed by atoms with Crippen molar-refractivity contribution < 1.29 is 0 Å². The minimum atomic E-state index is 0.157. The van der Waals surface area contributed by atoms with Crippen LogP contribution in [-0.4, -0.2) is 9.13 Å². The second-order valence-electron chi connectivity index (χ2n) is 15.3. The van der Waals surface area contributed by atoms with Gasteiger partial charge in [-0.15, -0.1) is 0 Å². The molecule has 0 radical (unpaired) electrons. The molecule has 1 aliphatic carbocycles. The van der Waals surface area contributed by atoms with Crippen molar-refractivity contribution in [2.75, 3.05) is 4.90 Å². The number of hydrogen-bond acceptors (Lipinski definition) is 1. The van der Waals surface area contributed by atoms with E-state index in [4.69, 9.17) is 0 Å². The first kappa shape index (κ1) is 32.6. The van der Waals surface area contributed by atoms with Gasteiger partial charge in [-0.1, -0.05) is 133 Å². The summed E-state index contributed by atoms with van der Waals surface area (Å²) in [6, 6.07) is 79.9. The van der Waals surface area contributed by atoms with Gasteiger partial charge in [0.05, 0.1) is 22.1 Å². The van der Waals surface area contributed by atoms with Crippen molar-refractivity contribution in [2.45, 2.75) is 5.92 Å². The van der Waals surface area contributed by atoms with Gasteiger partial charge in [-0.25, -0.2) is 0 Å². The van der Waals surface area contributed by atoms with E-state index >= 15 is 0 Å². The molecule has 3 heteroatoms. The van der Waals surface area contributed by atoms with E-state index in [-0.39, 0.29) is 5.92 Å². The third-order valence-electron chi connectivity index (χ3n) is 12.2. The van der Waals surface area contributed by atoms with E-state index in [0.717, 1.165) is 28.4 Å². The van der Waals surface area contributed by atoms with Gasteiger partial charge in [0.1, 0.15) is 0 Å². The molecule has 2 heterocycles. The van der Waals surface area contributed by atoms with Gasteiger partial charge in [-0.2, -0.15) is 0 Å². The molecule has 0 N–H and O–H groups in total. The molecule has 0 saturated carbocycles. The summed E-state index contributed by atoms with van der Waals surface area (Å²) in [5.41, 5.74) is 17.0. The summed E-state index contributed by atoms with van der Waals surface area (Å²) in [6.07, 6.45) is 0. The fourth-order valence-electron chi connectivity index (χ4n) is 9.69. The third kappa shape index (κ3) is 4.93. The highest BCUT2D eigenvalue weighted by Crippen LogP contribution is 2.50. The van der Waals surface area contributed by atoms with Gasteiger partial charge in [0, 0.05) is 55.9 Å². The highest BCUT2D eigenvalue weighted by Gasteiger charge is 2.31. The third-order valence-corrected chi connectivity index (χ3v) is 12.2. The van der Waals surface area contributed by atoms with Crippen LogP contribution < -0.4 is 4.90 Å². The maximum atomic E-state index is 2.43. The lowest BCUT2D eigenvalue weighted by atomic mass is 9.89. The van der Waals surface area contributed by atoms with Crippen molar-refractivity contribution >= 4 is 60.7 Å². The van der Waals surface area contributed by atoms with Gasteiger partial charge in [-0.05, 0) is 113 Å². The molecule has 0 fully saturated rings. The fraction of sp³-hybridized carbons (Fsp3) is 0.0182. The Labute approximate surface area is 336 Å². The predicted octanol–water partition coefficient (Wildman–Crippen LogP) is 14.5. The van der Waals surface area contributed by atoms with Crippen molar-refractivity contribution in [2.24, 2.45) is 0 Å². The van der Waals surface area contributed by atoms with Crippen molar-refractivity contribution in [3.63, 3.8) is 0 Å². The first-order chi connectivity index (χ1) is 28.8. The molecule has 1 aliphatic rings. The van der Waals surface area contributed by atoms with E-state index in [9.17, 15) is 0 Å². The molecule has 11 aromatic rings. The summed E-state index contributed by atoms with van der Waals surface area (Å²) in [7, 11) is 0. The quantitative estimate of drug-likeness (QED) is 0.165. The SMILES string of the molecule is c1ccc(C2c3ccccc3-c3ccc(N(c4ccc(-n5c6ccccc6c6ccccc65)cc4)c4ccc(-n5c6ccccc6c6ccccc65)cc4)cc32)cc1. The zero-order valence-electron chi connectivity index (χ0n) is 31.7. The number of rotatable bonds is 6. The Bertz CT molecular complexity index is 3070. The van der Waals surface area contributed by atoms with E-state index in [1.807, 2.05) is 0 Å². The molecule has 1 atom stereocenters. The van der Waals surface area contributed by atoms with Crippen LogP contribution in [0, 0.1) is 0 Å². The Morgan fingerprint density at radius 1 is 0.310 bits per heavy atom. The van der Waals surface area contributed by atoms with Gasteiger partial charge in [0.15, 0.2) is 0 Å². The fourth-order valence-corrected chi connectivity index (χ4v) is 9.69. The number of nitrogens with zero attached hydrogens (tertiary/aromatic N) is 3. The second-order valence-corrected chi connectivity index (χ2v) is 15.3. The molecule has 0 aliphatic heterocycles. The van der Waals surface area contributed by atoms with E-state index in [0.29, 0.717) is 0 Å². The van der Waals surface area contributed by atoms with Crippen molar-refractivity contribution in [3.8, 4) is 22.5 Å². The van der Waals surface area contributed by atoms with Crippen LogP contribution in [0.25, 0.3) is 66.1 Å². The minimum Gasteiger partial charge on any atom is -0.310 e. The Balaban J connectivity index is 1.02. The van der Waals surface area contributed by atoms with Crippen molar-refractivity contribution in [1.29, 1.82) is 0 Å². The maximum absolute atomic E-state index is 2.43. The first-order valence-electron chi connectivity index (χ1n) is 20.1. The molecule has 12 rings (SSSR count). The van der Waals surface area contributed by atoms with Crippen LogP contribution in [-0.2, 0) is 0 Å². The molecule has 0 spiro atoms. The summed E-state index contributed by atoms with van der Waals surface area (Å²) in [4.78, 5) is 2.41. The number of benzene rings is 9. The smallest absolute Gasteiger partial charge is 0.0541 e. The van der Waals surface area contributed by atoms with E-state index in [1.165, 1.54) is 71.4 Å². The van der Waals surface area contributed by atoms with Crippen LogP contribution in [0.5, 0.6) is 0 Å². The molecular formula is C55H37N3. The van der Waals surface area contributed by atoms with E-state index < -0.39 is 0 Å². The molecule has 0 amide bonds. The number of hydrogen-bond donors (Lipinski definition) is 0.